The zero-order chi connectivity index (χ0) is 21.8. The van der Waals surface area contributed by atoms with Gasteiger partial charge in [-0.15, -0.1) is 0 Å². The number of halogens is 2. The molecule has 2 aromatic carbocycles. The van der Waals surface area contributed by atoms with Gasteiger partial charge in [0, 0.05) is 18.2 Å². The van der Waals surface area contributed by atoms with Crippen LogP contribution in [-0.2, 0) is 16.1 Å². The summed E-state index contributed by atoms with van der Waals surface area (Å²) >= 11 is 1.10. The van der Waals surface area contributed by atoms with Crippen LogP contribution in [0.1, 0.15) is 17.3 Å². The first-order valence-corrected chi connectivity index (χ1v) is 9.64. The number of esters is 1. The van der Waals surface area contributed by atoms with Gasteiger partial charge in [-0.2, -0.15) is 4.99 Å². The van der Waals surface area contributed by atoms with Crippen molar-refractivity contribution in [1.82, 2.24) is 4.57 Å². The average Bonchev–Trinajstić information content (AvgIpc) is 3.02. The lowest BCUT2D eigenvalue weighted by Crippen LogP contribution is -2.23. The number of thiazole rings is 1. The average molecular weight is 436 g/mol. The molecule has 0 saturated heterocycles. The summed E-state index contributed by atoms with van der Waals surface area (Å²) in [5.41, 5.74) is 0.170. The summed E-state index contributed by atoms with van der Waals surface area (Å²) in [7, 11) is 2.95. The summed E-state index contributed by atoms with van der Waals surface area (Å²) in [6.45, 7) is 1.64. The summed E-state index contributed by atoms with van der Waals surface area (Å²) in [4.78, 5) is 28.8. The van der Waals surface area contributed by atoms with Gasteiger partial charge in [-0.25, -0.2) is 8.78 Å². The van der Waals surface area contributed by atoms with Crippen molar-refractivity contribution >= 4 is 33.4 Å². The standard InChI is InChI=1S/C20H18F2N2O5S/c1-4-29-18(25)10-24-14-8-15(27-2)16(28-3)9-17(14)30-20(24)23-19(26)12-6-5-11(21)7-13(12)22/h5-9H,4,10H2,1-3H3. The molecule has 0 unspecified atom stereocenters. The highest BCUT2D eigenvalue weighted by molar-refractivity contribution is 7.16. The molecule has 3 aromatic rings. The lowest BCUT2D eigenvalue weighted by Gasteiger charge is -2.09. The second-order valence-corrected chi connectivity index (χ2v) is 7.00. The highest BCUT2D eigenvalue weighted by atomic mass is 32.1. The van der Waals surface area contributed by atoms with E-state index in [1.165, 1.54) is 18.8 Å². The Hall–Kier alpha value is -3.27. The molecule has 3 rings (SSSR count). The Bertz CT molecular complexity index is 1190. The second-order valence-electron chi connectivity index (χ2n) is 5.99. The van der Waals surface area contributed by atoms with E-state index in [0.717, 1.165) is 23.5 Å². The number of nitrogens with zero attached hydrogens (tertiary/aromatic N) is 2. The molecule has 0 atom stereocenters. The second kappa shape index (κ2) is 9.04. The van der Waals surface area contributed by atoms with Crippen LogP contribution in [0.2, 0.25) is 0 Å². The zero-order valence-electron chi connectivity index (χ0n) is 16.4. The Morgan fingerprint density at radius 1 is 1.10 bits per heavy atom. The van der Waals surface area contributed by atoms with Crippen molar-refractivity contribution in [1.29, 1.82) is 0 Å². The molecule has 0 fully saturated rings. The van der Waals surface area contributed by atoms with Crippen molar-refractivity contribution in [2.75, 3.05) is 20.8 Å². The van der Waals surface area contributed by atoms with E-state index in [2.05, 4.69) is 4.99 Å². The number of carbonyl (C=O) groups excluding carboxylic acids is 2. The van der Waals surface area contributed by atoms with Gasteiger partial charge < -0.3 is 18.8 Å². The van der Waals surface area contributed by atoms with E-state index in [1.54, 1.807) is 19.1 Å². The summed E-state index contributed by atoms with van der Waals surface area (Å²) in [6, 6.07) is 5.93. The maximum atomic E-state index is 14.0. The molecule has 0 saturated carbocycles. The van der Waals surface area contributed by atoms with E-state index < -0.39 is 23.5 Å². The summed E-state index contributed by atoms with van der Waals surface area (Å²) in [5, 5.41) is 0. The fourth-order valence-electron chi connectivity index (χ4n) is 2.78. The van der Waals surface area contributed by atoms with Gasteiger partial charge >= 0.3 is 5.97 Å². The van der Waals surface area contributed by atoms with E-state index >= 15 is 0 Å². The Morgan fingerprint density at radius 3 is 2.43 bits per heavy atom. The third-order valence-electron chi connectivity index (χ3n) is 4.14. The summed E-state index contributed by atoms with van der Waals surface area (Å²) in [5.74, 6) is -2.39. The van der Waals surface area contributed by atoms with Crippen LogP contribution in [0.5, 0.6) is 11.5 Å². The Morgan fingerprint density at radius 2 is 1.80 bits per heavy atom. The fraction of sp³-hybridized carbons (Fsp3) is 0.250. The van der Waals surface area contributed by atoms with Gasteiger partial charge in [0.2, 0.25) is 0 Å². The van der Waals surface area contributed by atoms with Crippen LogP contribution >= 0.6 is 11.3 Å². The number of carbonyl (C=O) groups is 2. The minimum atomic E-state index is -1.02. The van der Waals surface area contributed by atoms with E-state index in [4.69, 9.17) is 14.2 Å². The predicted molar refractivity (Wildman–Crippen MR) is 106 cm³/mol. The molecule has 0 N–H and O–H groups in total. The molecule has 0 radical (unpaired) electrons. The molecular weight excluding hydrogens is 418 g/mol. The number of fused-ring (bicyclic) bond motifs is 1. The molecular formula is C20H18F2N2O5S. The van der Waals surface area contributed by atoms with Crippen molar-refractivity contribution in [2.24, 2.45) is 4.99 Å². The van der Waals surface area contributed by atoms with Gasteiger partial charge in [0.05, 0.1) is 36.6 Å². The Balaban J connectivity index is 2.19. The van der Waals surface area contributed by atoms with Crippen molar-refractivity contribution in [3.05, 3.63) is 52.3 Å². The third-order valence-corrected chi connectivity index (χ3v) is 5.18. The number of amides is 1. The van der Waals surface area contributed by atoms with Crippen molar-refractivity contribution in [3.63, 3.8) is 0 Å². The monoisotopic (exact) mass is 436 g/mol. The predicted octanol–water partition coefficient (Wildman–Crippen LogP) is 3.30. The normalized spacial score (nSPS) is 11.6. The number of ether oxygens (including phenoxy) is 3. The van der Waals surface area contributed by atoms with E-state index in [9.17, 15) is 18.4 Å². The minimum Gasteiger partial charge on any atom is -0.493 e. The Labute approximate surface area is 174 Å². The molecule has 0 bridgehead atoms. The molecule has 1 aromatic heterocycles. The van der Waals surface area contributed by atoms with E-state index in [0.29, 0.717) is 27.8 Å². The number of hydrogen-bond acceptors (Lipinski definition) is 6. The number of methoxy groups -OCH3 is 2. The number of hydrogen-bond donors (Lipinski definition) is 0. The van der Waals surface area contributed by atoms with Crippen LogP contribution in [0.3, 0.4) is 0 Å². The topological polar surface area (TPSA) is 79.1 Å². The van der Waals surface area contributed by atoms with Crippen LogP contribution in [0, 0.1) is 11.6 Å². The quantitative estimate of drug-likeness (QED) is 0.554. The van der Waals surface area contributed by atoms with E-state index in [-0.39, 0.29) is 23.5 Å². The molecule has 30 heavy (non-hydrogen) atoms. The van der Waals surface area contributed by atoms with Crippen molar-refractivity contribution in [3.8, 4) is 11.5 Å². The summed E-state index contributed by atoms with van der Waals surface area (Å²) in [6.07, 6.45) is 0. The van der Waals surface area contributed by atoms with Gasteiger partial charge in [-0.05, 0) is 19.1 Å². The van der Waals surface area contributed by atoms with Gasteiger partial charge in [0.15, 0.2) is 16.3 Å². The first-order valence-electron chi connectivity index (χ1n) is 8.83. The molecule has 0 aliphatic carbocycles. The van der Waals surface area contributed by atoms with E-state index in [1.807, 2.05) is 0 Å². The van der Waals surface area contributed by atoms with Crippen molar-refractivity contribution in [2.45, 2.75) is 13.5 Å². The molecule has 158 valence electrons. The Kier molecular flexibility index (Phi) is 6.46. The van der Waals surface area contributed by atoms with Crippen LogP contribution < -0.4 is 14.3 Å². The molecule has 1 heterocycles. The maximum absolute atomic E-state index is 14.0. The van der Waals surface area contributed by atoms with Crippen LogP contribution in [0.4, 0.5) is 8.78 Å². The maximum Gasteiger partial charge on any atom is 0.326 e. The van der Waals surface area contributed by atoms with Gasteiger partial charge in [-0.1, -0.05) is 11.3 Å². The van der Waals surface area contributed by atoms with Crippen molar-refractivity contribution < 1.29 is 32.6 Å². The first kappa shape index (κ1) is 21.4. The smallest absolute Gasteiger partial charge is 0.326 e. The molecule has 1 amide bonds. The molecule has 10 heteroatoms. The van der Waals surface area contributed by atoms with Gasteiger partial charge in [0.1, 0.15) is 18.2 Å². The zero-order valence-corrected chi connectivity index (χ0v) is 17.2. The van der Waals surface area contributed by atoms with Gasteiger partial charge in [0.25, 0.3) is 5.91 Å². The third kappa shape index (κ3) is 4.33. The molecule has 7 nitrogen and oxygen atoms in total. The molecule has 0 spiro atoms. The largest absolute Gasteiger partial charge is 0.493 e. The molecule has 0 aliphatic rings. The van der Waals surface area contributed by atoms with Crippen LogP contribution in [0.15, 0.2) is 35.3 Å². The van der Waals surface area contributed by atoms with Crippen LogP contribution in [0.25, 0.3) is 10.2 Å². The van der Waals surface area contributed by atoms with Gasteiger partial charge in [-0.3, -0.25) is 9.59 Å². The highest BCUT2D eigenvalue weighted by Crippen LogP contribution is 2.33. The van der Waals surface area contributed by atoms with Crippen LogP contribution in [-0.4, -0.2) is 37.3 Å². The minimum absolute atomic E-state index is 0.141. The lowest BCUT2D eigenvalue weighted by molar-refractivity contribution is -0.143. The lowest BCUT2D eigenvalue weighted by atomic mass is 10.2. The molecule has 0 aliphatic heterocycles. The number of rotatable bonds is 6. The first-order chi connectivity index (χ1) is 14.4. The number of benzene rings is 2. The number of aromatic nitrogens is 1. The fourth-order valence-corrected chi connectivity index (χ4v) is 3.82. The SMILES string of the molecule is CCOC(=O)Cn1c(=NC(=O)c2ccc(F)cc2F)sc2cc(OC)c(OC)cc21. The summed E-state index contributed by atoms with van der Waals surface area (Å²) < 4.78 is 44.9. The highest BCUT2D eigenvalue weighted by Gasteiger charge is 2.17.